The van der Waals surface area contributed by atoms with Gasteiger partial charge in [-0.3, -0.25) is 4.79 Å². The molecule has 0 saturated heterocycles. The number of rotatable bonds is 4. The van der Waals surface area contributed by atoms with Crippen molar-refractivity contribution in [2.45, 2.75) is 13.8 Å². The summed E-state index contributed by atoms with van der Waals surface area (Å²) in [7, 11) is 1.62. The Bertz CT molecular complexity index is 900. The number of carbonyl (C=O) groups excluding carboxylic acids is 1. The predicted molar refractivity (Wildman–Crippen MR) is 98.1 cm³/mol. The second-order valence-electron chi connectivity index (χ2n) is 5.32. The number of ether oxygens (including phenoxy) is 1. The molecular weight excluding hydrogens is 322 g/mol. The van der Waals surface area contributed by atoms with Gasteiger partial charge < -0.3 is 4.74 Å². The van der Waals surface area contributed by atoms with Crippen LogP contribution in [0.5, 0.6) is 5.75 Å². The van der Waals surface area contributed by atoms with E-state index >= 15 is 0 Å². The molecule has 3 rings (SSSR count). The molecule has 1 amide bonds. The Morgan fingerprint density at radius 2 is 2.00 bits per heavy atom. The molecule has 0 spiro atoms. The summed E-state index contributed by atoms with van der Waals surface area (Å²) in [6, 6.07) is 13.5. The minimum absolute atomic E-state index is 0.190. The summed E-state index contributed by atoms with van der Waals surface area (Å²) in [6.45, 7) is 3.50. The molecule has 6 heteroatoms. The number of hydrogen-bond acceptors (Lipinski definition) is 5. The molecule has 5 nitrogen and oxygen atoms in total. The number of methoxy groups -OCH3 is 1. The molecule has 0 saturated carbocycles. The van der Waals surface area contributed by atoms with Crippen LogP contribution in [-0.4, -0.2) is 24.2 Å². The van der Waals surface area contributed by atoms with Crippen molar-refractivity contribution in [3.63, 3.8) is 0 Å². The molecule has 0 unspecified atom stereocenters. The quantitative estimate of drug-likeness (QED) is 0.533. The summed E-state index contributed by atoms with van der Waals surface area (Å²) in [4.78, 5) is 16.5. The van der Waals surface area contributed by atoms with Gasteiger partial charge >= 0.3 is 0 Å². The normalized spacial score (nSPS) is 11.1. The predicted octanol–water partition coefficient (Wildman–Crippen LogP) is 4.00. The van der Waals surface area contributed by atoms with Crippen LogP contribution in [-0.2, 0) is 4.79 Å². The fourth-order valence-electron chi connectivity index (χ4n) is 2.15. The molecule has 0 radical (unpaired) electrons. The van der Waals surface area contributed by atoms with E-state index in [0.717, 1.165) is 21.5 Å². The van der Waals surface area contributed by atoms with E-state index in [4.69, 9.17) is 4.74 Å². The zero-order valence-electron chi connectivity index (χ0n) is 13.7. The molecule has 0 atom stereocenters. The van der Waals surface area contributed by atoms with Gasteiger partial charge in [0.05, 0.1) is 23.5 Å². The van der Waals surface area contributed by atoms with Crippen LogP contribution >= 0.6 is 11.3 Å². The number of benzene rings is 2. The fourth-order valence-corrected chi connectivity index (χ4v) is 3.15. The average Bonchev–Trinajstić information content (AvgIpc) is 2.98. The third kappa shape index (κ3) is 3.44. The van der Waals surface area contributed by atoms with Crippen LogP contribution in [0, 0.1) is 6.92 Å². The van der Waals surface area contributed by atoms with E-state index < -0.39 is 0 Å². The Morgan fingerprint density at radius 3 is 2.67 bits per heavy atom. The summed E-state index contributed by atoms with van der Waals surface area (Å²) in [5.41, 5.74) is 2.91. The van der Waals surface area contributed by atoms with E-state index in [-0.39, 0.29) is 5.91 Å². The molecule has 0 N–H and O–H groups in total. The van der Waals surface area contributed by atoms with Gasteiger partial charge in [-0.1, -0.05) is 41.2 Å². The number of amides is 1. The van der Waals surface area contributed by atoms with Crippen LogP contribution in [0.25, 0.3) is 10.2 Å². The summed E-state index contributed by atoms with van der Waals surface area (Å²) in [5.74, 6) is 0.569. The first-order valence-corrected chi connectivity index (χ1v) is 8.24. The average molecular weight is 339 g/mol. The lowest BCUT2D eigenvalue weighted by atomic mass is 10.2. The Labute approximate surface area is 144 Å². The minimum atomic E-state index is -0.190. The molecule has 0 aliphatic heterocycles. The third-order valence-electron chi connectivity index (χ3n) is 3.46. The lowest BCUT2D eigenvalue weighted by Gasteiger charge is -2.10. The first-order valence-electron chi connectivity index (χ1n) is 7.43. The number of hydrazone groups is 1. The first kappa shape index (κ1) is 16.1. The first-order chi connectivity index (χ1) is 11.6. The van der Waals surface area contributed by atoms with Crippen molar-refractivity contribution in [3.8, 4) is 5.75 Å². The maximum Gasteiger partial charge on any atom is 0.246 e. The van der Waals surface area contributed by atoms with Crippen LogP contribution < -0.4 is 9.75 Å². The number of anilines is 1. The molecule has 0 bridgehead atoms. The second-order valence-corrected chi connectivity index (χ2v) is 6.33. The molecule has 1 heterocycles. The molecule has 122 valence electrons. The highest BCUT2D eigenvalue weighted by molar-refractivity contribution is 7.22. The number of aryl methyl sites for hydroxylation is 1. The van der Waals surface area contributed by atoms with E-state index in [0.29, 0.717) is 5.13 Å². The van der Waals surface area contributed by atoms with Crippen molar-refractivity contribution in [2.75, 3.05) is 12.1 Å². The Kier molecular flexibility index (Phi) is 4.57. The zero-order valence-corrected chi connectivity index (χ0v) is 14.5. The van der Waals surface area contributed by atoms with Gasteiger partial charge in [0, 0.05) is 6.92 Å². The number of thiazole rings is 1. The Hall–Kier alpha value is -2.73. The van der Waals surface area contributed by atoms with Crippen molar-refractivity contribution in [1.82, 2.24) is 4.98 Å². The van der Waals surface area contributed by atoms with Crippen LogP contribution in [0.1, 0.15) is 18.1 Å². The number of nitrogens with zero attached hydrogens (tertiary/aromatic N) is 3. The van der Waals surface area contributed by atoms with Gasteiger partial charge in [-0.15, -0.1) is 0 Å². The van der Waals surface area contributed by atoms with Gasteiger partial charge in [0.15, 0.2) is 0 Å². The highest BCUT2D eigenvalue weighted by Crippen LogP contribution is 2.31. The fraction of sp³-hybridized carbons (Fsp3) is 0.167. The maximum atomic E-state index is 12.0. The van der Waals surface area contributed by atoms with Gasteiger partial charge in [0.25, 0.3) is 0 Å². The van der Waals surface area contributed by atoms with Crippen LogP contribution in [0.15, 0.2) is 47.6 Å². The topological polar surface area (TPSA) is 54.8 Å². The van der Waals surface area contributed by atoms with Crippen LogP contribution in [0.3, 0.4) is 0 Å². The summed E-state index contributed by atoms with van der Waals surface area (Å²) in [6.07, 6.45) is 1.66. The van der Waals surface area contributed by atoms with Gasteiger partial charge in [-0.2, -0.15) is 10.1 Å². The highest BCUT2D eigenvalue weighted by Gasteiger charge is 2.15. The van der Waals surface area contributed by atoms with E-state index in [1.165, 1.54) is 28.8 Å². The number of fused-ring (bicyclic) bond motifs is 1. The molecule has 24 heavy (non-hydrogen) atoms. The van der Waals surface area contributed by atoms with Gasteiger partial charge in [-0.05, 0) is 30.7 Å². The van der Waals surface area contributed by atoms with E-state index in [9.17, 15) is 4.79 Å². The molecule has 3 aromatic rings. The monoisotopic (exact) mass is 339 g/mol. The van der Waals surface area contributed by atoms with Gasteiger partial charge in [-0.25, -0.2) is 4.98 Å². The van der Waals surface area contributed by atoms with Gasteiger partial charge in [0.1, 0.15) is 5.75 Å². The van der Waals surface area contributed by atoms with E-state index in [2.05, 4.69) is 10.1 Å². The van der Waals surface area contributed by atoms with Gasteiger partial charge in [0.2, 0.25) is 11.0 Å². The molecular formula is C18H17N3O2S. The standard InChI is InChI=1S/C18H17N3O2S/c1-12-4-6-14(7-5-12)11-19-21(13(2)22)18-20-16-9-8-15(23-3)10-17(16)24-18/h4-11H,1-3H3/b19-11-. The van der Waals surface area contributed by atoms with Crippen molar-refractivity contribution < 1.29 is 9.53 Å². The number of carbonyl (C=O) groups is 1. The van der Waals surface area contributed by atoms with Crippen molar-refractivity contribution in [3.05, 3.63) is 53.6 Å². The second kappa shape index (κ2) is 6.80. The van der Waals surface area contributed by atoms with Crippen molar-refractivity contribution in [1.29, 1.82) is 0 Å². The van der Waals surface area contributed by atoms with Crippen molar-refractivity contribution >= 4 is 38.8 Å². The molecule has 1 aromatic heterocycles. The Balaban J connectivity index is 1.93. The summed E-state index contributed by atoms with van der Waals surface area (Å²) >= 11 is 1.40. The lowest BCUT2D eigenvalue weighted by molar-refractivity contribution is -0.116. The van der Waals surface area contributed by atoms with Crippen molar-refractivity contribution in [2.24, 2.45) is 5.10 Å². The molecule has 0 fully saturated rings. The largest absolute Gasteiger partial charge is 0.497 e. The maximum absolute atomic E-state index is 12.0. The molecule has 0 aliphatic carbocycles. The zero-order chi connectivity index (χ0) is 17.1. The van der Waals surface area contributed by atoms with E-state index in [1.54, 1.807) is 13.3 Å². The lowest BCUT2D eigenvalue weighted by Crippen LogP contribution is -2.22. The third-order valence-corrected chi connectivity index (χ3v) is 4.46. The summed E-state index contributed by atoms with van der Waals surface area (Å²) in [5, 5.41) is 6.16. The van der Waals surface area contributed by atoms with Crippen LogP contribution in [0.4, 0.5) is 5.13 Å². The smallest absolute Gasteiger partial charge is 0.246 e. The SMILES string of the molecule is COc1ccc2nc(N(/N=C\c3ccc(C)cc3)C(C)=O)sc2c1. The molecule has 0 aliphatic rings. The molecule has 2 aromatic carbocycles. The van der Waals surface area contributed by atoms with E-state index in [1.807, 2.05) is 49.4 Å². The Morgan fingerprint density at radius 1 is 1.25 bits per heavy atom. The highest BCUT2D eigenvalue weighted by atomic mass is 32.1. The minimum Gasteiger partial charge on any atom is -0.497 e. The van der Waals surface area contributed by atoms with Crippen LogP contribution in [0.2, 0.25) is 0 Å². The summed E-state index contributed by atoms with van der Waals surface area (Å²) < 4.78 is 6.17. The number of aromatic nitrogens is 1. The number of hydrogen-bond donors (Lipinski definition) is 0.